The summed E-state index contributed by atoms with van der Waals surface area (Å²) in [5.74, 6) is -1.22. The Morgan fingerprint density at radius 2 is 1.69 bits per heavy atom. The first kappa shape index (κ1) is 20.5. The number of ether oxygens (including phenoxy) is 1. The van der Waals surface area contributed by atoms with Gasteiger partial charge in [0.05, 0.1) is 19.7 Å². The van der Waals surface area contributed by atoms with E-state index >= 15 is 0 Å². The van der Waals surface area contributed by atoms with E-state index in [0.717, 1.165) is 16.2 Å². The summed E-state index contributed by atoms with van der Waals surface area (Å²) in [6.07, 6.45) is -0.582. The quantitative estimate of drug-likeness (QED) is 0.511. The number of rotatable bonds is 8. The molecule has 0 unspecified atom stereocenters. The van der Waals surface area contributed by atoms with Gasteiger partial charge in [-0.05, 0) is 17.5 Å². The van der Waals surface area contributed by atoms with Crippen molar-refractivity contribution in [3.63, 3.8) is 0 Å². The molecular weight excluding hydrogens is 374 g/mol. The van der Waals surface area contributed by atoms with Crippen molar-refractivity contribution in [1.82, 2.24) is 10.4 Å². The maximum Gasteiger partial charge on any atom is 0.408 e. The van der Waals surface area contributed by atoms with E-state index in [9.17, 15) is 14.4 Å². The molecule has 1 fully saturated rings. The number of amides is 2. The van der Waals surface area contributed by atoms with E-state index in [0.29, 0.717) is 0 Å². The highest BCUT2D eigenvalue weighted by atomic mass is 16.7. The standard InChI is InChI=1S/C21H23N3O5/c1-28-24-14-21(22,19(24)26)18(25)17(12-15-8-4-2-5-9-15)23-20(27)29-13-16-10-6-3-7-11-16/h2-11,17H,12-14,22H2,1H3,(H,23,27)/t17-,21+/m0/s1. The molecule has 2 aromatic rings. The highest BCUT2D eigenvalue weighted by molar-refractivity contribution is 6.16. The number of carbonyl (C=O) groups excluding carboxylic acids is 3. The molecule has 2 atom stereocenters. The molecule has 0 radical (unpaired) electrons. The molecule has 1 heterocycles. The zero-order chi connectivity index (χ0) is 20.9. The third-order valence-electron chi connectivity index (χ3n) is 4.77. The minimum atomic E-state index is -1.73. The second-order valence-corrected chi connectivity index (χ2v) is 6.81. The van der Waals surface area contributed by atoms with Gasteiger partial charge < -0.3 is 15.8 Å². The van der Waals surface area contributed by atoms with Gasteiger partial charge in [-0.15, -0.1) is 0 Å². The van der Waals surface area contributed by atoms with Crippen LogP contribution in [-0.2, 0) is 32.2 Å². The summed E-state index contributed by atoms with van der Waals surface area (Å²) in [7, 11) is 1.32. The Labute approximate surface area is 168 Å². The highest BCUT2D eigenvalue weighted by Gasteiger charge is 2.57. The van der Waals surface area contributed by atoms with Gasteiger partial charge in [-0.3, -0.25) is 14.4 Å². The van der Waals surface area contributed by atoms with Crippen LogP contribution in [0.15, 0.2) is 60.7 Å². The lowest BCUT2D eigenvalue weighted by Crippen LogP contribution is -2.77. The fourth-order valence-electron chi connectivity index (χ4n) is 3.11. The van der Waals surface area contributed by atoms with Crippen molar-refractivity contribution in [3.05, 3.63) is 71.8 Å². The van der Waals surface area contributed by atoms with Crippen molar-refractivity contribution in [2.45, 2.75) is 24.6 Å². The smallest absolute Gasteiger partial charge is 0.408 e. The molecule has 0 spiro atoms. The molecule has 2 aromatic carbocycles. The van der Waals surface area contributed by atoms with Gasteiger partial charge in [0, 0.05) is 0 Å². The lowest BCUT2D eigenvalue weighted by atomic mass is 9.81. The first-order valence-corrected chi connectivity index (χ1v) is 9.14. The number of alkyl carbamates (subject to hydrolysis) is 1. The van der Waals surface area contributed by atoms with Crippen LogP contribution in [-0.4, -0.2) is 48.1 Å². The largest absolute Gasteiger partial charge is 0.445 e. The van der Waals surface area contributed by atoms with Crippen molar-refractivity contribution < 1.29 is 24.0 Å². The van der Waals surface area contributed by atoms with Gasteiger partial charge in [-0.1, -0.05) is 60.7 Å². The molecule has 1 aliphatic rings. The molecule has 8 nitrogen and oxygen atoms in total. The summed E-state index contributed by atoms with van der Waals surface area (Å²) >= 11 is 0. The van der Waals surface area contributed by atoms with Crippen molar-refractivity contribution in [2.75, 3.05) is 13.7 Å². The van der Waals surface area contributed by atoms with Crippen LogP contribution in [0.4, 0.5) is 4.79 Å². The Kier molecular flexibility index (Phi) is 6.26. The van der Waals surface area contributed by atoms with Crippen LogP contribution in [0, 0.1) is 0 Å². The van der Waals surface area contributed by atoms with E-state index in [4.69, 9.17) is 15.3 Å². The second kappa shape index (κ2) is 8.85. The van der Waals surface area contributed by atoms with Crippen molar-refractivity contribution >= 4 is 17.8 Å². The zero-order valence-corrected chi connectivity index (χ0v) is 16.0. The Morgan fingerprint density at radius 1 is 1.10 bits per heavy atom. The SMILES string of the molecule is CON1C[C@@](N)(C(=O)[C@H](Cc2ccccc2)NC(=O)OCc2ccccc2)C1=O. The number of Topliss-reactive ketones (excluding diaryl/α,β-unsaturated/α-hetero) is 1. The van der Waals surface area contributed by atoms with Crippen LogP contribution >= 0.6 is 0 Å². The lowest BCUT2D eigenvalue weighted by Gasteiger charge is -2.44. The van der Waals surface area contributed by atoms with E-state index < -0.39 is 29.4 Å². The number of hydroxylamine groups is 2. The topological polar surface area (TPSA) is 111 Å². The minimum Gasteiger partial charge on any atom is -0.445 e. The number of β-lactam (4-membered cyclic amide) rings is 1. The van der Waals surface area contributed by atoms with Gasteiger partial charge >= 0.3 is 6.09 Å². The molecule has 0 aromatic heterocycles. The second-order valence-electron chi connectivity index (χ2n) is 6.81. The van der Waals surface area contributed by atoms with Crippen LogP contribution < -0.4 is 11.1 Å². The van der Waals surface area contributed by atoms with Crippen molar-refractivity contribution in [3.8, 4) is 0 Å². The number of carbonyl (C=O) groups is 3. The maximum absolute atomic E-state index is 13.0. The van der Waals surface area contributed by atoms with Crippen LogP contribution in [0.5, 0.6) is 0 Å². The van der Waals surface area contributed by atoms with E-state index in [2.05, 4.69) is 5.32 Å². The molecule has 3 rings (SSSR count). The van der Waals surface area contributed by atoms with Crippen molar-refractivity contribution in [2.24, 2.45) is 5.73 Å². The summed E-state index contributed by atoms with van der Waals surface area (Å²) in [6, 6.07) is 17.3. The molecule has 1 saturated heterocycles. The summed E-state index contributed by atoms with van der Waals surface area (Å²) in [5, 5.41) is 3.57. The van der Waals surface area contributed by atoms with Gasteiger partial charge in [0.1, 0.15) is 6.61 Å². The minimum absolute atomic E-state index is 0.0586. The van der Waals surface area contributed by atoms with Crippen LogP contribution in [0.1, 0.15) is 11.1 Å². The molecule has 0 saturated carbocycles. The fourth-order valence-corrected chi connectivity index (χ4v) is 3.11. The van der Waals surface area contributed by atoms with E-state index in [1.807, 2.05) is 60.7 Å². The number of nitrogens with zero attached hydrogens (tertiary/aromatic N) is 1. The maximum atomic E-state index is 13.0. The van der Waals surface area contributed by atoms with Gasteiger partial charge in [-0.2, -0.15) is 0 Å². The molecular formula is C21H23N3O5. The van der Waals surface area contributed by atoms with Gasteiger partial charge in [-0.25, -0.2) is 9.86 Å². The van der Waals surface area contributed by atoms with Crippen LogP contribution in [0.2, 0.25) is 0 Å². The molecule has 0 bridgehead atoms. The molecule has 29 heavy (non-hydrogen) atoms. The first-order chi connectivity index (χ1) is 13.9. The van der Waals surface area contributed by atoms with E-state index in [-0.39, 0.29) is 19.6 Å². The molecule has 0 aliphatic carbocycles. The van der Waals surface area contributed by atoms with E-state index in [1.165, 1.54) is 7.11 Å². The number of hydrogen-bond acceptors (Lipinski definition) is 6. The first-order valence-electron chi connectivity index (χ1n) is 9.14. The van der Waals surface area contributed by atoms with Gasteiger partial charge in [0.25, 0.3) is 5.91 Å². The Bertz CT molecular complexity index is 874. The molecule has 3 N–H and O–H groups in total. The van der Waals surface area contributed by atoms with E-state index in [1.54, 1.807) is 0 Å². The summed E-state index contributed by atoms with van der Waals surface area (Å²) in [5.41, 5.74) is 5.93. The Balaban J connectivity index is 1.70. The number of nitrogens with two attached hydrogens (primary N) is 1. The zero-order valence-electron chi connectivity index (χ0n) is 16.0. The predicted molar refractivity (Wildman–Crippen MR) is 104 cm³/mol. The molecule has 2 amide bonds. The molecule has 1 aliphatic heterocycles. The predicted octanol–water partition coefficient (Wildman–Crippen LogP) is 1.19. The number of benzene rings is 2. The summed E-state index contributed by atoms with van der Waals surface area (Å²) < 4.78 is 5.22. The van der Waals surface area contributed by atoms with Gasteiger partial charge in [0.15, 0.2) is 11.3 Å². The fraction of sp³-hybridized carbons (Fsp3) is 0.286. The number of ketones is 1. The Morgan fingerprint density at radius 3 is 2.24 bits per heavy atom. The number of nitrogens with one attached hydrogen (secondary N) is 1. The van der Waals surface area contributed by atoms with Gasteiger partial charge in [0.2, 0.25) is 0 Å². The van der Waals surface area contributed by atoms with Crippen LogP contribution in [0.3, 0.4) is 0 Å². The normalized spacial score (nSPS) is 19.2. The van der Waals surface area contributed by atoms with Crippen molar-refractivity contribution in [1.29, 1.82) is 0 Å². The average molecular weight is 397 g/mol. The summed E-state index contributed by atoms with van der Waals surface area (Å²) in [6.45, 7) is -0.0176. The Hall–Kier alpha value is -3.23. The lowest BCUT2D eigenvalue weighted by molar-refractivity contribution is -0.212. The molecule has 8 heteroatoms. The average Bonchev–Trinajstić information content (AvgIpc) is 2.76. The molecule has 152 valence electrons. The third-order valence-corrected chi connectivity index (χ3v) is 4.77. The highest BCUT2D eigenvalue weighted by Crippen LogP contribution is 2.23. The van der Waals surface area contributed by atoms with Crippen LogP contribution in [0.25, 0.3) is 0 Å². The summed E-state index contributed by atoms with van der Waals surface area (Å²) in [4.78, 5) is 42.4. The number of hydrogen-bond donors (Lipinski definition) is 2. The monoisotopic (exact) mass is 397 g/mol. The third kappa shape index (κ3) is 4.61.